The molecule has 5 atom stereocenters. The monoisotopic (exact) mass is 516 g/mol. The molecule has 0 aromatic heterocycles. The van der Waals surface area contributed by atoms with Crippen LogP contribution < -0.4 is 0 Å². The van der Waals surface area contributed by atoms with Gasteiger partial charge in [-0.2, -0.15) is 0 Å². The molecule has 1 N–H and O–H groups in total. The summed E-state index contributed by atoms with van der Waals surface area (Å²) in [5.41, 5.74) is 0. The van der Waals surface area contributed by atoms with Crippen molar-refractivity contribution in [3.8, 4) is 0 Å². The zero-order valence-electron chi connectivity index (χ0n) is 22.7. The highest BCUT2D eigenvalue weighted by atomic mass is 16.7. The molecule has 36 heavy (non-hydrogen) atoms. The second-order valence-corrected chi connectivity index (χ2v) is 10.6. The van der Waals surface area contributed by atoms with Gasteiger partial charge < -0.3 is 28.8 Å². The van der Waals surface area contributed by atoms with E-state index < -0.39 is 36.7 Å². The number of aliphatic hydroxyl groups is 1. The summed E-state index contributed by atoms with van der Waals surface area (Å²) in [4.78, 5) is 48.4. The van der Waals surface area contributed by atoms with Gasteiger partial charge in [0, 0.05) is 26.2 Å². The first-order valence-electron chi connectivity index (χ1n) is 12.7. The maximum atomic E-state index is 12.4. The van der Waals surface area contributed by atoms with Crippen LogP contribution in [0.5, 0.6) is 0 Å². The van der Waals surface area contributed by atoms with E-state index in [-0.39, 0.29) is 61.5 Å². The number of aliphatic hydroxyl groups excluding tert-OH is 1. The Morgan fingerprint density at radius 3 is 1.47 bits per heavy atom. The maximum absolute atomic E-state index is 12.4. The molecule has 1 unspecified atom stereocenters. The Labute approximate surface area is 214 Å². The molecule has 208 valence electrons. The Morgan fingerprint density at radius 1 is 0.694 bits per heavy atom. The van der Waals surface area contributed by atoms with Crippen molar-refractivity contribution in [1.82, 2.24) is 0 Å². The fourth-order valence-corrected chi connectivity index (χ4v) is 3.91. The highest BCUT2D eigenvalue weighted by molar-refractivity contribution is 5.80. The van der Waals surface area contributed by atoms with Crippen LogP contribution in [-0.4, -0.2) is 85.6 Å². The first-order valence-corrected chi connectivity index (χ1v) is 12.7. The third-order valence-corrected chi connectivity index (χ3v) is 5.28. The van der Waals surface area contributed by atoms with E-state index in [1.807, 2.05) is 41.5 Å². The third-order valence-electron chi connectivity index (χ3n) is 5.28. The largest absolute Gasteiger partial charge is 0.463 e. The molecule has 0 aromatic carbocycles. The number of Topliss-reactive ketones (excluding diaryl/α,β-unsaturated/α-hetero) is 3. The fourth-order valence-electron chi connectivity index (χ4n) is 3.91. The van der Waals surface area contributed by atoms with Gasteiger partial charge in [-0.1, -0.05) is 41.5 Å². The van der Waals surface area contributed by atoms with Gasteiger partial charge in [-0.05, 0) is 17.8 Å². The van der Waals surface area contributed by atoms with Gasteiger partial charge in [0.1, 0.15) is 50.8 Å². The van der Waals surface area contributed by atoms with E-state index in [0.717, 1.165) is 0 Å². The molecule has 0 aliphatic carbocycles. The highest BCUT2D eigenvalue weighted by Crippen LogP contribution is 2.28. The second-order valence-electron chi connectivity index (χ2n) is 10.6. The lowest BCUT2D eigenvalue weighted by molar-refractivity contribution is -0.307. The van der Waals surface area contributed by atoms with Crippen molar-refractivity contribution in [1.29, 1.82) is 0 Å². The van der Waals surface area contributed by atoms with Crippen LogP contribution in [-0.2, 0) is 42.9 Å². The van der Waals surface area contributed by atoms with Gasteiger partial charge in [-0.15, -0.1) is 0 Å². The van der Waals surface area contributed by atoms with Crippen LogP contribution >= 0.6 is 0 Å². The molecule has 1 aliphatic rings. The number of carbonyl (C=O) groups excluding carboxylic acids is 4. The maximum Gasteiger partial charge on any atom is 0.302 e. The summed E-state index contributed by atoms with van der Waals surface area (Å²) in [6, 6.07) is 0. The molecule has 1 heterocycles. The first-order chi connectivity index (χ1) is 16.8. The topological polar surface area (TPSA) is 135 Å². The zero-order chi connectivity index (χ0) is 27.4. The Balaban J connectivity index is 3.15. The van der Waals surface area contributed by atoms with E-state index in [1.165, 1.54) is 6.92 Å². The number of rotatable bonds is 17. The van der Waals surface area contributed by atoms with E-state index in [2.05, 4.69) is 0 Å². The molecule has 0 saturated carbocycles. The first kappa shape index (κ1) is 32.3. The summed E-state index contributed by atoms with van der Waals surface area (Å²) >= 11 is 0. The van der Waals surface area contributed by atoms with E-state index in [0.29, 0.717) is 19.3 Å². The molecule has 1 aliphatic heterocycles. The van der Waals surface area contributed by atoms with Gasteiger partial charge in [-0.25, -0.2) is 0 Å². The minimum absolute atomic E-state index is 0.125. The lowest BCUT2D eigenvalue weighted by Crippen LogP contribution is -2.62. The van der Waals surface area contributed by atoms with Gasteiger partial charge in [-0.3, -0.25) is 19.2 Å². The molecule has 0 aromatic rings. The van der Waals surface area contributed by atoms with Crippen LogP contribution in [0.25, 0.3) is 0 Å². The smallest absolute Gasteiger partial charge is 0.302 e. The van der Waals surface area contributed by atoms with Crippen LogP contribution in [0.1, 0.15) is 67.7 Å². The molecule has 0 amide bonds. The van der Waals surface area contributed by atoms with Gasteiger partial charge in [0.25, 0.3) is 0 Å². The summed E-state index contributed by atoms with van der Waals surface area (Å²) in [6.45, 7) is 11.6. The van der Waals surface area contributed by atoms with E-state index in [9.17, 15) is 24.3 Å². The summed E-state index contributed by atoms with van der Waals surface area (Å²) in [5.74, 6) is -0.659. The minimum Gasteiger partial charge on any atom is -0.463 e. The van der Waals surface area contributed by atoms with Crippen LogP contribution in [0.15, 0.2) is 0 Å². The molecule has 0 bridgehead atoms. The molecule has 1 fully saturated rings. The quantitative estimate of drug-likeness (QED) is 0.287. The molecule has 0 radical (unpaired) electrons. The zero-order valence-corrected chi connectivity index (χ0v) is 22.7. The van der Waals surface area contributed by atoms with Crippen molar-refractivity contribution in [3.05, 3.63) is 0 Å². The predicted octanol–water partition coefficient (Wildman–Crippen LogP) is 2.27. The number of carbonyl (C=O) groups is 4. The van der Waals surface area contributed by atoms with Gasteiger partial charge >= 0.3 is 5.97 Å². The SMILES string of the molecule is CC(=O)OC[C@H]1OC(O)[C@H](OCC(=O)CC(C)C)[C@@H](OCC(=O)CC(C)C)[C@@H]1OCC(=O)CC(C)C. The van der Waals surface area contributed by atoms with Crippen molar-refractivity contribution in [2.24, 2.45) is 17.8 Å². The van der Waals surface area contributed by atoms with Crippen molar-refractivity contribution < 1.29 is 48.0 Å². The average Bonchev–Trinajstić information content (AvgIpc) is 2.72. The second kappa shape index (κ2) is 16.2. The molecule has 1 saturated heterocycles. The number of hydrogen-bond donors (Lipinski definition) is 1. The van der Waals surface area contributed by atoms with Crippen molar-refractivity contribution in [2.75, 3.05) is 26.4 Å². The van der Waals surface area contributed by atoms with Crippen LogP contribution in [0.4, 0.5) is 0 Å². The number of esters is 1. The molecule has 10 heteroatoms. The Morgan fingerprint density at radius 2 is 1.08 bits per heavy atom. The molecular formula is C26H44O10. The molecular weight excluding hydrogens is 472 g/mol. The predicted molar refractivity (Wildman–Crippen MR) is 130 cm³/mol. The van der Waals surface area contributed by atoms with E-state index >= 15 is 0 Å². The Kier molecular flexibility index (Phi) is 14.5. The number of hydrogen-bond acceptors (Lipinski definition) is 10. The van der Waals surface area contributed by atoms with Crippen LogP contribution in [0, 0.1) is 17.8 Å². The van der Waals surface area contributed by atoms with E-state index in [1.54, 1.807) is 0 Å². The highest BCUT2D eigenvalue weighted by Gasteiger charge is 2.48. The summed E-state index contributed by atoms with van der Waals surface area (Å²) in [7, 11) is 0. The number of ketones is 3. The molecule has 0 spiro atoms. The summed E-state index contributed by atoms with van der Waals surface area (Å²) < 4.78 is 28.2. The molecule has 10 nitrogen and oxygen atoms in total. The van der Waals surface area contributed by atoms with Gasteiger partial charge in [0.2, 0.25) is 0 Å². The fraction of sp³-hybridized carbons (Fsp3) is 0.846. The normalized spacial score (nSPS) is 24.4. The summed E-state index contributed by atoms with van der Waals surface area (Å²) in [5, 5.41) is 10.7. The Bertz CT molecular complexity index is 718. The van der Waals surface area contributed by atoms with Crippen molar-refractivity contribution in [2.45, 2.75) is 98.4 Å². The van der Waals surface area contributed by atoms with Crippen LogP contribution in [0.2, 0.25) is 0 Å². The average molecular weight is 517 g/mol. The lowest BCUT2D eigenvalue weighted by Gasteiger charge is -2.44. The standard InChI is InChI=1S/C26H44O10/c1-15(2)8-19(28)11-33-23-22(14-32-18(7)27)36-26(31)25(35-13-21(30)10-17(5)6)24(23)34-12-20(29)9-16(3)4/h15-17,22-26,31H,8-14H2,1-7H3/t22-,23-,24+,25-,26?/m1/s1. The third kappa shape index (κ3) is 12.5. The van der Waals surface area contributed by atoms with Crippen LogP contribution in [0.3, 0.4) is 0 Å². The summed E-state index contributed by atoms with van der Waals surface area (Å²) in [6.07, 6.45) is -4.91. The van der Waals surface area contributed by atoms with Gasteiger partial charge in [0.15, 0.2) is 23.6 Å². The van der Waals surface area contributed by atoms with Gasteiger partial charge in [0.05, 0.1) is 0 Å². The minimum atomic E-state index is -1.55. The Hall–Kier alpha value is -1.72. The molecule has 1 rings (SSSR count). The van der Waals surface area contributed by atoms with Crippen molar-refractivity contribution >= 4 is 23.3 Å². The lowest BCUT2D eigenvalue weighted by atomic mass is 9.97. The van der Waals surface area contributed by atoms with E-state index in [4.69, 9.17) is 23.7 Å². The van der Waals surface area contributed by atoms with Crippen molar-refractivity contribution in [3.63, 3.8) is 0 Å². The number of ether oxygens (including phenoxy) is 5.